The van der Waals surface area contributed by atoms with Crippen molar-refractivity contribution in [3.05, 3.63) is 23.8 Å². The van der Waals surface area contributed by atoms with Crippen molar-refractivity contribution in [2.45, 2.75) is 43.9 Å². The van der Waals surface area contributed by atoms with Crippen LogP contribution in [-0.4, -0.2) is 35.0 Å². The van der Waals surface area contributed by atoms with Crippen LogP contribution in [0.3, 0.4) is 0 Å². The van der Waals surface area contributed by atoms with Crippen LogP contribution in [0.15, 0.2) is 23.1 Å². The van der Waals surface area contributed by atoms with Gasteiger partial charge in [0.1, 0.15) is 0 Å². The van der Waals surface area contributed by atoms with Crippen LogP contribution in [0.25, 0.3) is 0 Å². The molecule has 25 heavy (non-hydrogen) atoms. The Kier molecular flexibility index (Phi) is 4.91. The van der Waals surface area contributed by atoms with Crippen LogP contribution in [-0.2, 0) is 24.8 Å². The second kappa shape index (κ2) is 6.69. The van der Waals surface area contributed by atoms with E-state index in [9.17, 15) is 21.6 Å². The number of carbonyl (C=O) groups excluding carboxylic acids is 1. The lowest BCUT2D eigenvalue weighted by Gasteiger charge is -2.18. The van der Waals surface area contributed by atoms with Crippen molar-refractivity contribution in [1.29, 1.82) is 0 Å². The number of hydrogen-bond donors (Lipinski definition) is 1. The maximum absolute atomic E-state index is 12.7. The second-order valence-corrected chi connectivity index (χ2v) is 10.3. The third kappa shape index (κ3) is 3.73. The molecule has 1 N–H and O–H groups in total. The molecule has 138 valence electrons. The summed E-state index contributed by atoms with van der Waals surface area (Å²) in [5.41, 5.74) is 0.584. The van der Waals surface area contributed by atoms with Crippen LogP contribution in [0.4, 0.5) is 5.69 Å². The van der Waals surface area contributed by atoms with Crippen LogP contribution >= 0.6 is 0 Å². The summed E-state index contributed by atoms with van der Waals surface area (Å²) in [6.45, 7) is 2.03. The summed E-state index contributed by atoms with van der Waals surface area (Å²) >= 11 is 0. The first-order valence-corrected chi connectivity index (χ1v) is 11.5. The quantitative estimate of drug-likeness (QED) is 0.827. The molecule has 2 aliphatic rings. The Morgan fingerprint density at radius 3 is 2.52 bits per heavy atom. The number of nitrogens with zero attached hydrogens (tertiary/aromatic N) is 1. The normalized spacial score (nSPS) is 21.2. The van der Waals surface area contributed by atoms with Gasteiger partial charge in [-0.25, -0.2) is 25.9 Å². The smallest absolute Gasteiger partial charge is 0.242 e. The fraction of sp³-hybridized carbons (Fsp3) is 0.562. The third-order valence-electron chi connectivity index (χ3n) is 4.81. The Hall–Kier alpha value is -1.45. The number of anilines is 1. The Balaban J connectivity index is 1.89. The van der Waals surface area contributed by atoms with Crippen molar-refractivity contribution in [2.24, 2.45) is 5.92 Å². The van der Waals surface area contributed by atoms with E-state index in [-0.39, 0.29) is 22.8 Å². The van der Waals surface area contributed by atoms with Crippen LogP contribution in [0.2, 0.25) is 0 Å². The first kappa shape index (κ1) is 18.3. The summed E-state index contributed by atoms with van der Waals surface area (Å²) in [6.07, 6.45) is 4.19. The number of amides is 1. The van der Waals surface area contributed by atoms with E-state index in [1.54, 1.807) is 6.92 Å². The van der Waals surface area contributed by atoms with Crippen molar-refractivity contribution < 1.29 is 21.6 Å². The summed E-state index contributed by atoms with van der Waals surface area (Å²) in [6, 6.07) is 4.26. The van der Waals surface area contributed by atoms with E-state index in [0.717, 1.165) is 25.7 Å². The highest BCUT2D eigenvalue weighted by Gasteiger charge is 2.37. The summed E-state index contributed by atoms with van der Waals surface area (Å²) in [5.74, 6) is -0.438. The topological polar surface area (TPSA) is 101 Å². The van der Waals surface area contributed by atoms with E-state index in [0.29, 0.717) is 22.3 Å². The Labute approximate surface area is 148 Å². The lowest BCUT2D eigenvalue weighted by molar-refractivity contribution is -0.116. The third-order valence-corrected chi connectivity index (χ3v) is 8.07. The lowest BCUT2D eigenvalue weighted by atomic mass is 10.1. The van der Waals surface area contributed by atoms with Gasteiger partial charge in [-0.15, -0.1) is 0 Å². The summed E-state index contributed by atoms with van der Waals surface area (Å²) < 4.78 is 52.8. The molecule has 1 heterocycles. The van der Waals surface area contributed by atoms with Crippen LogP contribution in [0.1, 0.15) is 37.7 Å². The predicted molar refractivity (Wildman–Crippen MR) is 94.2 cm³/mol. The molecule has 0 aromatic heterocycles. The molecule has 0 atom stereocenters. The maximum Gasteiger partial charge on any atom is 0.242 e. The molecule has 0 spiro atoms. The number of nitrogens with one attached hydrogen (secondary N) is 1. The van der Waals surface area contributed by atoms with Crippen molar-refractivity contribution >= 4 is 31.6 Å². The molecule has 1 saturated heterocycles. The largest absolute Gasteiger partial charge is 0.273 e. The van der Waals surface area contributed by atoms with Crippen LogP contribution in [0.5, 0.6) is 0 Å². The van der Waals surface area contributed by atoms with E-state index in [4.69, 9.17) is 0 Å². The van der Waals surface area contributed by atoms with Gasteiger partial charge in [0.15, 0.2) is 0 Å². The van der Waals surface area contributed by atoms with E-state index in [2.05, 4.69) is 4.72 Å². The highest BCUT2D eigenvalue weighted by molar-refractivity contribution is 7.94. The average molecular weight is 386 g/mol. The molecule has 0 unspecified atom stereocenters. The van der Waals surface area contributed by atoms with E-state index in [1.165, 1.54) is 18.2 Å². The van der Waals surface area contributed by atoms with Gasteiger partial charge in [-0.2, -0.15) is 0 Å². The number of carbonyl (C=O) groups is 1. The minimum absolute atomic E-state index is 0.0119. The summed E-state index contributed by atoms with van der Waals surface area (Å²) in [4.78, 5) is 11.9. The minimum atomic E-state index is -3.77. The molecule has 9 heteroatoms. The summed E-state index contributed by atoms with van der Waals surface area (Å²) in [7, 11) is -7.49. The molecule has 1 aromatic rings. The van der Waals surface area contributed by atoms with Gasteiger partial charge >= 0.3 is 0 Å². The lowest BCUT2D eigenvalue weighted by Crippen LogP contribution is -2.31. The molecule has 1 amide bonds. The van der Waals surface area contributed by atoms with Gasteiger partial charge in [0.05, 0.1) is 16.3 Å². The molecule has 7 nitrogen and oxygen atoms in total. The predicted octanol–water partition coefficient (Wildman–Crippen LogP) is 1.53. The molecular weight excluding hydrogens is 364 g/mol. The SMILES string of the molecule is Cc1ccc(N2C(=O)CCS2(=O)=O)cc1S(=O)(=O)NCC1CCCC1. The Morgan fingerprint density at radius 1 is 1.24 bits per heavy atom. The van der Waals surface area contributed by atoms with Crippen molar-refractivity contribution in [2.75, 3.05) is 16.6 Å². The van der Waals surface area contributed by atoms with E-state index in [1.807, 2.05) is 0 Å². The number of rotatable bonds is 5. The fourth-order valence-corrected chi connectivity index (χ4v) is 6.22. The Bertz CT molecular complexity index is 887. The zero-order valence-corrected chi connectivity index (χ0v) is 15.7. The summed E-state index contributed by atoms with van der Waals surface area (Å²) in [5, 5.41) is 0. The number of aryl methyl sites for hydroxylation is 1. The van der Waals surface area contributed by atoms with Gasteiger partial charge in [0, 0.05) is 13.0 Å². The fourth-order valence-electron chi connectivity index (χ4n) is 3.39. The van der Waals surface area contributed by atoms with Gasteiger partial charge in [-0.05, 0) is 43.4 Å². The number of benzene rings is 1. The molecule has 1 saturated carbocycles. The van der Waals surface area contributed by atoms with E-state index < -0.39 is 26.0 Å². The molecule has 1 aliphatic heterocycles. The highest BCUT2D eigenvalue weighted by atomic mass is 32.2. The molecule has 2 fully saturated rings. The minimum Gasteiger partial charge on any atom is -0.273 e. The number of sulfonamides is 2. The first-order valence-electron chi connectivity index (χ1n) is 8.37. The number of hydrogen-bond acceptors (Lipinski definition) is 5. The van der Waals surface area contributed by atoms with Crippen LogP contribution < -0.4 is 9.03 Å². The van der Waals surface area contributed by atoms with E-state index >= 15 is 0 Å². The second-order valence-electron chi connectivity index (χ2n) is 6.68. The Morgan fingerprint density at radius 2 is 1.92 bits per heavy atom. The molecule has 1 aliphatic carbocycles. The maximum atomic E-state index is 12.7. The zero-order chi connectivity index (χ0) is 18.2. The van der Waals surface area contributed by atoms with Gasteiger partial charge in [-0.1, -0.05) is 18.9 Å². The van der Waals surface area contributed by atoms with Gasteiger partial charge in [-0.3, -0.25) is 4.79 Å². The van der Waals surface area contributed by atoms with Gasteiger partial charge < -0.3 is 0 Å². The van der Waals surface area contributed by atoms with Crippen molar-refractivity contribution in [3.8, 4) is 0 Å². The van der Waals surface area contributed by atoms with Crippen molar-refractivity contribution in [3.63, 3.8) is 0 Å². The van der Waals surface area contributed by atoms with Crippen LogP contribution in [0, 0.1) is 12.8 Å². The van der Waals surface area contributed by atoms with Gasteiger partial charge in [0.25, 0.3) is 0 Å². The zero-order valence-electron chi connectivity index (χ0n) is 14.1. The standard InChI is InChI=1S/C16H22N2O5S2/c1-12-6-7-14(18-16(19)8-9-24(18,20)21)10-15(12)25(22,23)17-11-13-4-2-3-5-13/h6-7,10,13,17H,2-5,8-9,11H2,1H3. The molecule has 3 rings (SSSR count). The molecule has 1 aromatic carbocycles. The van der Waals surface area contributed by atoms with Crippen molar-refractivity contribution in [1.82, 2.24) is 4.72 Å². The first-order chi connectivity index (χ1) is 11.7. The molecule has 0 radical (unpaired) electrons. The molecule has 0 bridgehead atoms. The van der Waals surface area contributed by atoms with Gasteiger partial charge in [0.2, 0.25) is 26.0 Å². The monoisotopic (exact) mass is 386 g/mol. The molecular formula is C16H22N2O5S2. The average Bonchev–Trinajstić information content (AvgIpc) is 3.14. The highest BCUT2D eigenvalue weighted by Crippen LogP contribution is 2.29.